The minimum absolute atomic E-state index is 0.0276. The Labute approximate surface area is 125 Å². The number of nitrogens with zero attached hydrogens (tertiary/aromatic N) is 3. The van der Waals surface area contributed by atoms with Crippen molar-refractivity contribution in [3.63, 3.8) is 0 Å². The molecule has 0 spiro atoms. The number of hydrogen-bond acceptors (Lipinski definition) is 5. The first kappa shape index (κ1) is 14.7. The van der Waals surface area contributed by atoms with Gasteiger partial charge < -0.3 is 0 Å². The monoisotopic (exact) mass is 309 g/mol. The lowest BCUT2D eigenvalue weighted by atomic mass is 10.2. The molecule has 0 unspecified atom stereocenters. The van der Waals surface area contributed by atoms with E-state index in [0.717, 1.165) is 11.1 Å². The van der Waals surface area contributed by atoms with Gasteiger partial charge in [0, 0.05) is 5.75 Å². The van der Waals surface area contributed by atoms with Crippen LogP contribution in [0.1, 0.15) is 16.8 Å². The van der Waals surface area contributed by atoms with Gasteiger partial charge in [-0.1, -0.05) is 41.6 Å². The molecule has 0 aliphatic rings. The van der Waals surface area contributed by atoms with E-state index >= 15 is 0 Å². The molecular formula is C13H12ClN3O2S. The van der Waals surface area contributed by atoms with E-state index < -0.39 is 4.92 Å². The molecule has 1 aromatic heterocycles. The normalized spacial score (nSPS) is 10.6. The molecule has 0 fully saturated rings. The van der Waals surface area contributed by atoms with Gasteiger partial charge in [-0.05, 0) is 31.0 Å². The van der Waals surface area contributed by atoms with Gasteiger partial charge in [0.2, 0.25) is 5.28 Å². The molecule has 7 heteroatoms. The fourth-order valence-electron chi connectivity index (χ4n) is 1.77. The van der Waals surface area contributed by atoms with Crippen LogP contribution in [0.15, 0.2) is 29.3 Å². The van der Waals surface area contributed by atoms with Gasteiger partial charge in [0.1, 0.15) is 5.69 Å². The van der Waals surface area contributed by atoms with Gasteiger partial charge >= 0.3 is 5.69 Å². The maximum atomic E-state index is 11.1. The van der Waals surface area contributed by atoms with Gasteiger partial charge in [-0.25, -0.2) is 9.97 Å². The van der Waals surface area contributed by atoms with Crippen LogP contribution in [-0.2, 0) is 5.75 Å². The summed E-state index contributed by atoms with van der Waals surface area (Å²) in [5, 5.41) is 11.4. The molecule has 0 aliphatic heterocycles. The van der Waals surface area contributed by atoms with Crippen molar-refractivity contribution in [2.75, 3.05) is 0 Å². The summed E-state index contributed by atoms with van der Waals surface area (Å²) in [5.41, 5.74) is 2.43. The smallest absolute Gasteiger partial charge is 0.258 e. The first-order valence-corrected chi connectivity index (χ1v) is 7.20. The Morgan fingerprint density at radius 3 is 2.75 bits per heavy atom. The number of nitro groups is 1. The standard InChI is InChI=1S/C13H12ClN3O2S/c1-8-4-3-5-10(6-8)7-20-12-11(17(18)19)9(2)15-13(14)16-12/h3-6H,7H2,1-2H3. The van der Waals surface area contributed by atoms with E-state index in [4.69, 9.17) is 11.6 Å². The Hall–Kier alpha value is -1.66. The van der Waals surface area contributed by atoms with Gasteiger partial charge in [0.15, 0.2) is 5.03 Å². The van der Waals surface area contributed by atoms with Crippen molar-refractivity contribution in [2.24, 2.45) is 0 Å². The third-order valence-corrected chi connectivity index (χ3v) is 3.84. The number of aromatic nitrogens is 2. The van der Waals surface area contributed by atoms with Crippen LogP contribution in [0, 0.1) is 24.0 Å². The van der Waals surface area contributed by atoms with Crippen LogP contribution < -0.4 is 0 Å². The van der Waals surface area contributed by atoms with Crippen LogP contribution in [0.4, 0.5) is 5.69 Å². The summed E-state index contributed by atoms with van der Waals surface area (Å²) in [6.07, 6.45) is 0. The van der Waals surface area contributed by atoms with Crippen molar-refractivity contribution in [3.8, 4) is 0 Å². The predicted molar refractivity (Wildman–Crippen MR) is 79.2 cm³/mol. The van der Waals surface area contributed by atoms with E-state index in [2.05, 4.69) is 9.97 Å². The van der Waals surface area contributed by atoms with Gasteiger partial charge in [-0.2, -0.15) is 0 Å². The number of aryl methyl sites for hydroxylation is 2. The number of hydrogen-bond donors (Lipinski definition) is 0. The van der Waals surface area contributed by atoms with Gasteiger partial charge in [0.05, 0.1) is 4.92 Å². The lowest BCUT2D eigenvalue weighted by molar-refractivity contribution is -0.389. The fraction of sp³-hybridized carbons (Fsp3) is 0.231. The third kappa shape index (κ3) is 3.46. The van der Waals surface area contributed by atoms with Crippen molar-refractivity contribution in [3.05, 3.63) is 56.5 Å². The quantitative estimate of drug-likeness (QED) is 0.281. The van der Waals surface area contributed by atoms with Crippen LogP contribution in [0.5, 0.6) is 0 Å². The van der Waals surface area contributed by atoms with Gasteiger partial charge in [-0.3, -0.25) is 10.1 Å². The Balaban J connectivity index is 2.27. The molecule has 1 aromatic carbocycles. The summed E-state index contributed by atoms with van der Waals surface area (Å²) in [7, 11) is 0. The van der Waals surface area contributed by atoms with Gasteiger partial charge in [-0.15, -0.1) is 0 Å². The minimum atomic E-state index is -0.468. The average molecular weight is 310 g/mol. The van der Waals surface area contributed by atoms with Crippen LogP contribution in [0.2, 0.25) is 5.28 Å². The molecule has 0 amide bonds. The first-order valence-electron chi connectivity index (χ1n) is 5.84. The van der Waals surface area contributed by atoms with Crippen LogP contribution in [-0.4, -0.2) is 14.9 Å². The van der Waals surface area contributed by atoms with Crippen molar-refractivity contribution >= 4 is 29.1 Å². The molecule has 0 radical (unpaired) electrons. The van der Waals surface area contributed by atoms with E-state index in [1.165, 1.54) is 11.8 Å². The van der Waals surface area contributed by atoms with Crippen LogP contribution in [0.25, 0.3) is 0 Å². The molecule has 20 heavy (non-hydrogen) atoms. The molecule has 0 saturated heterocycles. The van der Waals surface area contributed by atoms with Crippen molar-refractivity contribution in [2.45, 2.75) is 24.6 Å². The molecule has 0 N–H and O–H groups in total. The summed E-state index contributed by atoms with van der Waals surface area (Å²) < 4.78 is 0. The number of halogens is 1. The van der Waals surface area contributed by atoms with Gasteiger partial charge in [0.25, 0.3) is 0 Å². The zero-order valence-electron chi connectivity index (χ0n) is 11.0. The zero-order valence-corrected chi connectivity index (χ0v) is 12.5. The molecular weight excluding hydrogens is 298 g/mol. The molecule has 0 aliphatic carbocycles. The molecule has 0 atom stereocenters. The van der Waals surface area contributed by atoms with Crippen molar-refractivity contribution < 1.29 is 4.92 Å². The summed E-state index contributed by atoms with van der Waals surface area (Å²) in [6, 6.07) is 7.97. The first-order chi connectivity index (χ1) is 9.47. The predicted octanol–water partition coefficient (Wildman–Crippen LogP) is 3.95. The second-order valence-electron chi connectivity index (χ2n) is 4.27. The Morgan fingerprint density at radius 1 is 1.35 bits per heavy atom. The maximum absolute atomic E-state index is 11.1. The van der Waals surface area contributed by atoms with E-state index in [-0.39, 0.29) is 16.7 Å². The summed E-state index contributed by atoms with van der Waals surface area (Å²) in [5.74, 6) is 0.593. The Kier molecular flexibility index (Phi) is 4.57. The molecule has 2 rings (SSSR count). The topological polar surface area (TPSA) is 68.9 Å². The van der Waals surface area contributed by atoms with Crippen LogP contribution in [0.3, 0.4) is 0 Å². The Morgan fingerprint density at radius 2 is 2.10 bits per heavy atom. The second kappa shape index (κ2) is 6.19. The Bertz CT molecular complexity index is 664. The highest BCUT2D eigenvalue weighted by atomic mass is 35.5. The van der Waals surface area contributed by atoms with E-state index in [0.29, 0.717) is 10.8 Å². The van der Waals surface area contributed by atoms with Crippen molar-refractivity contribution in [1.82, 2.24) is 9.97 Å². The average Bonchev–Trinajstić information content (AvgIpc) is 2.35. The number of benzene rings is 1. The zero-order chi connectivity index (χ0) is 14.7. The number of thioether (sulfide) groups is 1. The van der Waals surface area contributed by atoms with E-state index in [9.17, 15) is 10.1 Å². The fourth-order valence-corrected chi connectivity index (χ4v) is 3.03. The molecule has 0 saturated carbocycles. The molecule has 1 heterocycles. The van der Waals surface area contributed by atoms with Crippen molar-refractivity contribution in [1.29, 1.82) is 0 Å². The molecule has 2 aromatic rings. The molecule has 5 nitrogen and oxygen atoms in total. The highest BCUT2D eigenvalue weighted by Crippen LogP contribution is 2.32. The van der Waals surface area contributed by atoms with E-state index in [1.54, 1.807) is 6.92 Å². The van der Waals surface area contributed by atoms with Crippen LogP contribution >= 0.6 is 23.4 Å². The largest absolute Gasteiger partial charge is 0.322 e. The lowest BCUT2D eigenvalue weighted by Crippen LogP contribution is -2.00. The summed E-state index contributed by atoms with van der Waals surface area (Å²) in [4.78, 5) is 18.4. The highest BCUT2D eigenvalue weighted by Gasteiger charge is 2.21. The summed E-state index contributed by atoms with van der Waals surface area (Å²) in [6.45, 7) is 3.56. The maximum Gasteiger partial charge on any atom is 0.322 e. The molecule has 0 bridgehead atoms. The lowest BCUT2D eigenvalue weighted by Gasteiger charge is -2.05. The summed E-state index contributed by atoms with van der Waals surface area (Å²) >= 11 is 7.06. The molecule has 104 valence electrons. The minimum Gasteiger partial charge on any atom is -0.258 e. The number of rotatable bonds is 4. The SMILES string of the molecule is Cc1cccc(CSc2nc(Cl)nc(C)c2[N+](=O)[O-])c1. The highest BCUT2D eigenvalue weighted by molar-refractivity contribution is 7.98. The second-order valence-corrected chi connectivity index (χ2v) is 5.57. The third-order valence-electron chi connectivity index (χ3n) is 2.64. The van der Waals surface area contributed by atoms with E-state index in [1.807, 2.05) is 31.2 Å².